The number of hydrogen-bond donors (Lipinski definition) is 1. The fourth-order valence-electron chi connectivity index (χ4n) is 2.68. The van der Waals surface area contributed by atoms with Crippen LogP contribution in [0.2, 0.25) is 5.02 Å². The second-order valence-corrected chi connectivity index (χ2v) is 6.28. The molecule has 6 nitrogen and oxygen atoms in total. The Bertz CT molecular complexity index is 995. The van der Waals surface area contributed by atoms with Crippen molar-refractivity contribution in [3.63, 3.8) is 0 Å². The van der Waals surface area contributed by atoms with Gasteiger partial charge in [-0.1, -0.05) is 35.9 Å². The Hall–Kier alpha value is -2.83. The van der Waals surface area contributed by atoms with Gasteiger partial charge in [-0.2, -0.15) is 0 Å². The molecule has 1 amide bonds. The summed E-state index contributed by atoms with van der Waals surface area (Å²) in [5.41, 5.74) is 2.44. The second-order valence-electron chi connectivity index (χ2n) is 5.88. The van der Waals surface area contributed by atoms with Crippen molar-refractivity contribution < 1.29 is 23.5 Å². The smallest absolute Gasteiger partial charge is 0.375 e. The Kier molecular flexibility index (Phi) is 5.78. The molecule has 0 atom stereocenters. The zero-order valence-corrected chi connectivity index (χ0v) is 15.6. The van der Waals surface area contributed by atoms with Crippen molar-refractivity contribution in [3.05, 3.63) is 64.4 Å². The monoisotopic (exact) mass is 387 g/mol. The van der Waals surface area contributed by atoms with Crippen molar-refractivity contribution in [1.29, 1.82) is 0 Å². The summed E-state index contributed by atoms with van der Waals surface area (Å²) in [7, 11) is 1.53. The third-order valence-corrected chi connectivity index (χ3v) is 4.46. The minimum Gasteiger partial charge on any atom is -0.450 e. The molecule has 3 rings (SSSR count). The molecule has 0 saturated heterocycles. The molecule has 0 aliphatic carbocycles. The number of furan rings is 1. The summed E-state index contributed by atoms with van der Waals surface area (Å²) in [5.74, 6) is -1.17. The van der Waals surface area contributed by atoms with Gasteiger partial charge in [-0.3, -0.25) is 4.79 Å². The average Bonchev–Trinajstić information content (AvgIpc) is 3.03. The van der Waals surface area contributed by atoms with Gasteiger partial charge in [0.25, 0.3) is 5.91 Å². The van der Waals surface area contributed by atoms with E-state index in [-0.39, 0.29) is 12.4 Å². The molecule has 1 aromatic heterocycles. The van der Waals surface area contributed by atoms with Crippen LogP contribution in [0, 0.1) is 6.92 Å². The fraction of sp³-hybridized carbons (Fsp3) is 0.200. The molecule has 1 N–H and O–H groups in total. The van der Waals surface area contributed by atoms with Crippen LogP contribution < -0.4 is 5.32 Å². The predicted octanol–water partition coefficient (Wildman–Crippen LogP) is 4.34. The highest BCUT2D eigenvalue weighted by molar-refractivity contribution is 6.31. The molecule has 3 aromatic rings. The van der Waals surface area contributed by atoms with Gasteiger partial charge >= 0.3 is 5.97 Å². The van der Waals surface area contributed by atoms with Gasteiger partial charge in [0.1, 0.15) is 5.58 Å². The second kappa shape index (κ2) is 8.24. The van der Waals surface area contributed by atoms with E-state index >= 15 is 0 Å². The van der Waals surface area contributed by atoms with Crippen molar-refractivity contribution in [3.8, 4) is 0 Å². The summed E-state index contributed by atoms with van der Waals surface area (Å²) in [6.07, 6.45) is 0. The molecule has 0 saturated carbocycles. The lowest BCUT2D eigenvalue weighted by Crippen LogP contribution is -2.21. The van der Waals surface area contributed by atoms with E-state index in [0.717, 1.165) is 10.9 Å². The van der Waals surface area contributed by atoms with Crippen molar-refractivity contribution in [1.82, 2.24) is 0 Å². The maximum absolute atomic E-state index is 12.4. The first-order chi connectivity index (χ1) is 13.0. The molecule has 0 spiro atoms. The number of nitrogens with one attached hydrogen (secondary N) is 1. The zero-order valence-electron chi connectivity index (χ0n) is 14.9. The molecule has 2 aromatic carbocycles. The summed E-state index contributed by atoms with van der Waals surface area (Å²) in [6.45, 7) is 1.53. The number of halogens is 1. The topological polar surface area (TPSA) is 77.8 Å². The molecule has 0 radical (unpaired) electrons. The Morgan fingerprint density at radius 1 is 1.15 bits per heavy atom. The number of rotatable bonds is 6. The summed E-state index contributed by atoms with van der Waals surface area (Å²) in [6, 6.07) is 12.4. The van der Waals surface area contributed by atoms with Gasteiger partial charge in [0.2, 0.25) is 5.76 Å². The Morgan fingerprint density at radius 2 is 1.93 bits per heavy atom. The van der Waals surface area contributed by atoms with E-state index < -0.39 is 18.5 Å². The number of carbonyl (C=O) groups excluding carboxylic acids is 2. The van der Waals surface area contributed by atoms with Crippen molar-refractivity contribution in [2.45, 2.75) is 13.5 Å². The lowest BCUT2D eigenvalue weighted by Gasteiger charge is -2.09. The largest absolute Gasteiger partial charge is 0.450 e. The van der Waals surface area contributed by atoms with Crippen LogP contribution in [-0.4, -0.2) is 25.6 Å². The van der Waals surface area contributed by atoms with Gasteiger partial charge < -0.3 is 19.2 Å². The van der Waals surface area contributed by atoms with E-state index in [1.165, 1.54) is 7.11 Å². The molecule has 0 fully saturated rings. The number of benzene rings is 2. The first-order valence-electron chi connectivity index (χ1n) is 8.22. The first-order valence-corrected chi connectivity index (χ1v) is 8.60. The lowest BCUT2D eigenvalue weighted by molar-refractivity contribution is -0.119. The zero-order chi connectivity index (χ0) is 19.4. The fourth-order valence-corrected chi connectivity index (χ4v) is 2.85. The number of carbonyl (C=O) groups is 2. The number of ether oxygens (including phenoxy) is 2. The molecule has 27 heavy (non-hydrogen) atoms. The van der Waals surface area contributed by atoms with Crippen LogP contribution in [-0.2, 0) is 20.9 Å². The molecule has 0 aliphatic rings. The van der Waals surface area contributed by atoms with Crippen LogP contribution in [0.15, 0.2) is 46.9 Å². The number of anilines is 1. The van der Waals surface area contributed by atoms with E-state index in [1.54, 1.807) is 37.3 Å². The number of fused-ring (bicyclic) bond motifs is 1. The van der Waals surface area contributed by atoms with E-state index in [4.69, 9.17) is 25.5 Å². The van der Waals surface area contributed by atoms with Gasteiger partial charge in [-0.25, -0.2) is 4.79 Å². The maximum Gasteiger partial charge on any atom is 0.375 e. The first kappa shape index (κ1) is 18.9. The highest BCUT2D eigenvalue weighted by atomic mass is 35.5. The van der Waals surface area contributed by atoms with E-state index in [9.17, 15) is 9.59 Å². The van der Waals surface area contributed by atoms with Crippen LogP contribution in [0.5, 0.6) is 0 Å². The van der Waals surface area contributed by atoms with Gasteiger partial charge in [0.05, 0.1) is 6.61 Å². The minimum absolute atomic E-state index is 0.0322. The molecule has 7 heteroatoms. The Balaban J connectivity index is 1.70. The van der Waals surface area contributed by atoms with Gasteiger partial charge in [-0.05, 0) is 30.7 Å². The van der Waals surface area contributed by atoms with Crippen LogP contribution >= 0.6 is 11.6 Å². The summed E-state index contributed by atoms with van der Waals surface area (Å²) in [5, 5.41) is 3.98. The average molecular weight is 388 g/mol. The van der Waals surface area contributed by atoms with Crippen LogP contribution in [0.25, 0.3) is 11.0 Å². The molecule has 0 aliphatic heterocycles. The highest BCUT2D eigenvalue weighted by Gasteiger charge is 2.22. The molecule has 0 unspecified atom stereocenters. The summed E-state index contributed by atoms with van der Waals surface area (Å²) < 4.78 is 15.9. The van der Waals surface area contributed by atoms with Gasteiger partial charge in [0, 0.05) is 28.8 Å². The van der Waals surface area contributed by atoms with Crippen molar-refractivity contribution in [2.24, 2.45) is 0 Å². The molecule has 140 valence electrons. The van der Waals surface area contributed by atoms with Crippen LogP contribution in [0.4, 0.5) is 5.69 Å². The number of amides is 1. The Morgan fingerprint density at radius 3 is 2.70 bits per heavy atom. The van der Waals surface area contributed by atoms with Crippen LogP contribution in [0.3, 0.4) is 0 Å². The molecular weight excluding hydrogens is 370 g/mol. The number of hydrogen-bond acceptors (Lipinski definition) is 5. The molecular formula is C20H18ClNO5. The predicted molar refractivity (Wildman–Crippen MR) is 102 cm³/mol. The number of esters is 1. The standard InChI is InChI=1S/C20H18ClNO5/c1-12-15(21)7-5-8-16(12)22-18(23)11-26-20(24)19-14(10-25-2)13-6-3-4-9-17(13)27-19/h3-9H,10-11H2,1-2H3,(H,22,23). The van der Waals surface area contributed by atoms with E-state index in [0.29, 0.717) is 21.9 Å². The third-order valence-electron chi connectivity index (χ3n) is 4.05. The molecule has 1 heterocycles. The lowest BCUT2D eigenvalue weighted by atomic mass is 10.1. The normalized spacial score (nSPS) is 10.8. The number of methoxy groups -OCH3 is 1. The molecule has 0 bridgehead atoms. The van der Waals surface area contributed by atoms with Crippen LogP contribution in [0.1, 0.15) is 21.7 Å². The Labute approximate surface area is 161 Å². The van der Waals surface area contributed by atoms with E-state index in [1.807, 2.05) is 12.1 Å². The third kappa shape index (κ3) is 4.13. The SMILES string of the molecule is COCc1c(C(=O)OCC(=O)Nc2cccc(Cl)c2C)oc2ccccc12. The van der Waals surface area contributed by atoms with Crippen molar-refractivity contribution in [2.75, 3.05) is 19.0 Å². The summed E-state index contributed by atoms with van der Waals surface area (Å²) in [4.78, 5) is 24.5. The number of para-hydroxylation sites is 1. The minimum atomic E-state index is -0.726. The van der Waals surface area contributed by atoms with Crippen molar-refractivity contribution >= 4 is 40.1 Å². The van der Waals surface area contributed by atoms with Gasteiger partial charge in [-0.15, -0.1) is 0 Å². The van der Waals surface area contributed by atoms with E-state index in [2.05, 4.69) is 5.32 Å². The highest BCUT2D eigenvalue weighted by Crippen LogP contribution is 2.27. The van der Waals surface area contributed by atoms with Gasteiger partial charge in [0.15, 0.2) is 6.61 Å². The summed E-state index contributed by atoms with van der Waals surface area (Å²) >= 11 is 6.03. The maximum atomic E-state index is 12.4. The quantitative estimate of drug-likeness (QED) is 0.637.